The number of nitrogens with zero attached hydrogens (tertiary/aromatic N) is 1. The second-order valence-electron chi connectivity index (χ2n) is 7.56. The van der Waals surface area contributed by atoms with Crippen LogP contribution < -0.4 is 10.9 Å². The zero-order valence-corrected chi connectivity index (χ0v) is 21.3. The third-order valence-corrected chi connectivity index (χ3v) is 6.86. The van der Waals surface area contributed by atoms with Crippen molar-refractivity contribution in [3.8, 4) is 0 Å². The molecule has 6 nitrogen and oxygen atoms in total. The quantitative estimate of drug-likeness (QED) is 0.211. The summed E-state index contributed by atoms with van der Waals surface area (Å²) in [5.74, 6) is -0.699. The predicted molar refractivity (Wildman–Crippen MR) is 139 cm³/mol. The summed E-state index contributed by atoms with van der Waals surface area (Å²) in [6.45, 7) is 2.55. The fraction of sp³-hybridized carbons (Fsp3) is 0.250. The van der Waals surface area contributed by atoms with E-state index in [1.165, 1.54) is 17.3 Å². The van der Waals surface area contributed by atoms with Crippen molar-refractivity contribution >= 4 is 68.0 Å². The first-order valence-corrected chi connectivity index (χ1v) is 12.5. The van der Waals surface area contributed by atoms with Crippen LogP contribution in [0.1, 0.15) is 47.2 Å². The van der Waals surface area contributed by atoms with Gasteiger partial charge in [-0.25, -0.2) is 0 Å². The van der Waals surface area contributed by atoms with Crippen molar-refractivity contribution in [3.63, 3.8) is 0 Å². The highest BCUT2D eigenvalue weighted by molar-refractivity contribution is 9.10. The Balaban J connectivity index is 1.35. The summed E-state index contributed by atoms with van der Waals surface area (Å²) in [7, 11) is 0. The van der Waals surface area contributed by atoms with Crippen LogP contribution in [0.15, 0.2) is 57.9 Å². The van der Waals surface area contributed by atoms with Crippen LogP contribution in [0.25, 0.3) is 6.08 Å². The van der Waals surface area contributed by atoms with Gasteiger partial charge in [0.1, 0.15) is 4.32 Å². The maximum Gasteiger partial charge on any atom is 0.269 e. The van der Waals surface area contributed by atoms with Gasteiger partial charge in [0, 0.05) is 23.0 Å². The molecule has 2 N–H and O–H groups in total. The summed E-state index contributed by atoms with van der Waals surface area (Å²) >= 11 is 10.0. The van der Waals surface area contributed by atoms with Gasteiger partial charge >= 0.3 is 0 Å². The number of hydrogen-bond donors (Lipinski definition) is 2. The van der Waals surface area contributed by atoms with Gasteiger partial charge in [-0.1, -0.05) is 76.2 Å². The molecule has 9 heteroatoms. The van der Waals surface area contributed by atoms with Crippen molar-refractivity contribution in [1.82, 2.24) is 15.8 Å². The fourth-order valence-electron chi connectivity index (χ4n) is 3.10. The summed E-state index contributed by atoms with van der Waals surface area (Å²) < 4.78 is 1.43. The lowest BCUT2D eigenvalue weighted by molar-refractivity contribution is -0.123. The van der Waals surface area contributed by atoms with Gasteiger partial charge in [-0.15, -0.1) is 0 Å². The Kier molecular flexibility index (Phi) is 9.22. The lowest BCUT2D eigenvalue weighted by atomic mass is 10.1. The van der Waals surface area contributed by atoms with Crippen molar-refractivity contribution < 1.29 is 14.4 Å². The normalized spacial score (nSPS) is 14.6. The third kappa shape index (κ3) is 7.52. The van der Waals surface area contributed by atoms with Crippen LogP contribution in [-0.2, 0) is 9.59 Å². The number of thiocarbonyl (C=S) groups is 1. The average Bonchev–Trinajstić information content (AvgIpc) is 3.06. The van der Waals surface area contributed by atoms with Crippen molar-refractivity contribution in [2.24, 2.45) is 0 Å². The van der Waals surface area contributed by atoms with E-state index in [9.17, 15) is 14.4 Å². The van der Waals surface area contributed by atoms with Crippen LogP contribution in [-0.4, -0.2) is 33.5 Å². The van der Waals surface area contributed by atoms with Crippen LogP contribution in [0.4, 0.5) is 0 Å². The first-order chi connectivity index (χ1) is 15.8. The molecule has 2 aromatic carbocycles. The fourth-order valence-corrected chi connectivity index (χ4v) is 4.67. The number of rotatable bonds is 8. The lowest BCUT2D eigenvalue weighted by Crippen LogP contribution is -2.41. The van der Waals surface area contributed by atoms with E-state index in [0.29, 0.717) is 27.8 Å². The minimum Gasteiger partial charge on any atom is -0.293 e. The Hall–Kier alpha value is -2.49. The van der Waals surface area contributed by atoms with Gasteiger partial charge in [0.25, 0.3) is 11.8 Å². The van der Waals surface area contributed by atoms with Gasteiger partial charge in [0.15, 0.2) is 0 Å². The highest BCUT2D eigenvalue weighted by Crippen LogP contribution is 2.32. The number of carbonyl (C=O) groups excluding carboxylic acids is 3. The molecule has 1 saturated heterocycles. The summed E-state index contributed by atoms with van der Waals surface area (Å²) in [6, 6.07) is 14.8. The summed E-state index contributed by atoms with van der Waals surface area (Å²) in [4.78, 5) is 38.9. The molecule has 0 aromatic heterocycles. The van der Waals surface area contributed by atoms with E-state index < -0.39 is 0 Å². The molecule has 0 spiro atoms. The van der Waals surface area contributed by atoms with Gasteiger partial charge in [-0.2, -0.15) is 0 Å². The van der Waals surface area contributed by atoms with Crippen LogP contribution in [0.2, 0.25) is 0 Å². The molecule has 33 heavy (non-hydrogen) atoms. The Morgan fingerprint density at radius 1 is 1.03 bits per heavy atom. The second kappa shape index (κ2) is 12.1. The molecular weight excluding hydrogens is 522 g/mol. The van der Waals surface area contributed by atoms with Crippen LogP contribution in [0.3, 0.4) is 0 Å². The first kappa shape index (κ1) is 25.1. The number of hydrazine groups is 1. The Bertz CT molecular complexity index is 1070. The highest BCUT2D eigenvalue weighted by Gasteiger charge is 2.31. The summed E-state index contributed by atoms with van der Waals surface area (Å²) in [6.07, 6.45) is 4.30. The molecule has 0 bridgehead atoms. The van der Waals surface area contributed by atoms with Crippen LogP contribution in [0.5, 0.6) is 0 Å². The lowest BCUT2D eigenvalue weighted by Gasteiger charge is -2.14. The molecule has 0 unspecified atom stereocenters. The SMILES string of the molecule is Cc1ccc(C=C2SC(=S)N(CCCCCC(=O)NNC(=O)c3ccc(Br)cc3)C2=O)cc1. The maximum absolute atomic E-state index is 12.7. The first-order valence-electron chi connectivity index (χ1n) is 10.5. The van der Waals surface area contributed by atoms with Gasteiger partial charge in [-0.3, -0.25) is 30.1 Å². The van der Waals surface area contributed by atoms with Crippen molar-refractivity contribution in [2.45, 2.75) is 32.6 Å². The molecule has 0 atom stereocenters. The summed E-state index contributed by atoms with van der Waals surface area (Å²) in [5.41, 5.74) is 7.43. The van der Waals surface area contributed by atoms with E-state index in [1.807, 2.05) is 37.3 Å². The topological polar surface area (TPSA) is 78.5 Å². The zero-order valence-electron chi connectivity index (χ0n) is 18.1. The molecule has 1 fully saturated rings. The molecule has 0 aliphatic carbocycles. The predicted octanol–water partition coefficient (Wildman–Crippen LogP) is 4.98. The Labute approximate surface area is 211 Å². The molecular formula is C24H24BrN3O3S2. The van der Waals surface area contributed by atoms with Gasteiger partial charge in [0.2, 0.25) is 5.91 Å². The van der Waals surface area contributed by atoms with Crippen molar-refractivity contribution in [1.29, 1.82) is 0 Å². The van der Waals surface area contributed by atoms with E-state index in [1.54, 1.807) is 29.2 Å². The summed E-state index contributed by atoms with van der Waals surface area (Å²) in [5, 5.41) is 0. The molecule has 1 aliphatic rings. The largest absolute Gasteiger partial charge is 0.293 e. The van der Waals surface area contributed by atoms with Crippen molar-refractivity contribution in [3.05, 3.63) is 74.6 Å². The number of unbranched alkanes of at least 4 members (excludes halogenated alkanes) is 2. The van der Waals surface area contributed by atoms with E-state index in [2.05, 4.69) is 26.8 Å². The number of benzene rings is 2. The molecule has 3 amide bonds. The molecule has 3 rings (SSSR count). The second-order valence-corrected chi connectivity index (χ2v) is 10.2. The highest BCUT2D eigenvalue weighted by atomic mass is 79.9. The van der Waals surface area contributed by atoms with E-state index in [0.717, 1.165) is 22.9 Å². The van der Waals surface area contributed by atoms with E-state index in [-0.39, 0.29) is 24.1 Å². The van der Waals surface area contributed by atoms with E-state index in [4.69, 9.17) is 12.2 Å². The molecule has 1 aliphatic heterocycles. The smallest absolute Gasteiger partial charge is 0.269 e. The average molecular weight is 547 g/mol. The third-order valence-electron chi connectivity index (χ3n) is 4.96. The number of amides is 3. The van der Waals surface area contributed by atoms with Crippen LogP contribution >= 0.6 is 39.9 Å². The van der Waals surface area contributed by atoms with Gasteiger partial charge in [0.05, 0.1) is 4.91 Å². The maximum atomic E-state index is 12.7. The van der Waals surface area contributed by atoms with Gasteiger partial charge < -0.3 is 0 Å². The molecule has 172 valence electrons. The molecule has 0 saturated carbocycles. The standard InChI is InChI=1S/C24H24BrN3O3S2/c1-16-6-8-17(9-7-16)15-20-23(31)28(24(32)33-20)14-4-2-3-5-21(29)26-27-22(30)18-10-12-19(25)13-11-18/h6-13,15H,2-5,14H2,1H3,(H,26,29)(H,27,30). The van der Waals surface area contributed by atoms with Crippen molar-refractivity contribution in [2.75, 3.05) is 6.54 Å². The van der Waals surface area contributed by atoms with Crippen LogP contribution in [0, 0.1) is 6.92 Å². The molecule has 2 aromatic rings. The number of carbonyl (C=O) groups is 3. The van der Waals surface area contributed by atoms with E-state index >= 15 is 0 Å². The number of nitrogens with one attached hydrogen (secondary N) is 2. The van der Waals surface area contributed by atoms with Gasteiger partial charge in [-0.05, 0) is 55.7 Å². The number of halogens is 1. The molecule has 0 radical (unpaired) electrons. The monoisotopic (exact) mass is 545 g/mol. The number of thioether (sulfide) groups is 1. The minimum atomic E-state index is -0.371. The number of aryl methyl sites for hydroxylation is 1. The Morgan fingerprint density at radius 3 is 2.42 bits per heavy atom. The Morgan fingerprint density at radius 2 is 1.73 bits per heavy atom. The number of hydrogen-bond acceptors (Lipinski definition) is 5. The molecule has 1 heterocycles. The minimum absolute atomic E-state index is 0.0704. The zero-order chi connectivity index (χ0) is 23.8.